The van der Waals surface area contributed by atoms with E-state index >= 15 is 0 Å². The van der Waals surface area contributed by atoms with E-state index in [4.69, 9.17) is 22.1 Å². The van der Waals surface area contributed by atoms with E-state index in [1.54, 1.807) is 12.2 Å². The second kappa shape index (κ2) is 8.35. The molecule has 2 aromatic heterocycles. The monoisotopic (exact) mass is 378 g/mol. The maximum atomic E-state index is 13.1. The molecule has 0 radical (unpaired) electrons. The van der Waals surface area contributed by atoms with Gasteiger partial charge < -0.3 is 10.5 Å². The van der Waals surface area contributed by atoms with E-state index in [0.29, 0.717) is 22.4 Å². The number of pyridine rings is 1. The Bertz CT molecular complexity index is 899. The molecule has 0 saturated carbocycles. The highest BCUT2D eigenvalue weighted by molar-refractivity contribution is 6.30. The standard InChI is InChI=1S/C18H17ClF2N4O/c19-16-9-13-10-23-25(18(20)21)17(13)15(24-16)7-4-8-26-11-14(22)12-5-2-1-3-6-12/h1-7,9-10,14,18H,8,11,22H2/b7-4-/t14-/m1/s1. The summed E-state index contributed by atoms with van der Waals surface area (Å²) >= 11 is 5.94. The van der Waals surface area contributed by atoms with Gasteiger partial charge in [-0.3, -0.25) is 0 Å². The molecule has 3 aromatic rings. The van der Waals surface area contributed by atoms with Crippen LogP contribution in [-0.4, -0.2) is 28.0 Å². The van der Waals surface area contributed by atoms with E-state index in [-0.39, 0.29) is 23.3 Å². The van der Waals surface area contributed by atoms with Gasteiger partial charge in [-0.25, -0.2) is 9.67 Å². The quantitative estimate of drug-likeness (QED) is 0.494. The van der Waals surface area contributed by atoms with Crippen molar-refractivity contribution in [1.82, 2.24) is 14.8 Å². The maximum Gasteiger partial charge on any atom is 0.333 e. The van der Waals surface area contributed by atoms with Crippen LogP contribution in [0, 0.1) is 0 Å². The molecule has 0 spiro atoms. The number of ether oxygens (including phenoxy) is 1. The van der Waals surface area contributed by atoms with Crippen molar-refractivity contribution >= 4 is 28.6 Å². The third-order valence-corrected chi connectivity index (χ3v) is 3.96. The van der Waals surface area contributed by atoms with Gasteiger partial charge in [0.05, 0.1) is 31.1 Å². The van der Waals surface area contributed by atoms with E-state index in [0.717, 1.165) is 5.56 Å². The van der Waals surface area contributed by atoms with Gasteiger partial charge in [0.2, 0.25) is 0 Å². The van der Waals surface area contributed by atoms with Crippen molar-refractivity contribution in [1.29, 1.82) is 0 Å². The van der Waals surface area contributed by atoms with Crippen LogP contribution in [0.1, 0.15) is 23.8 Å². The fraction of sp³-hybridized carbons (Fsp3) is 0.222. The first kappa shape index (κ1) is 18.4. The highest BCUT2D eigenvalue weighted by Gasteiger charge is 2.15. The van der Waals surface area contributed by atoms with Crippen LogP contribution >= 0.6 is 11.6 Å². The summed E-state index contributed by atoms with van der Waals surface area (Å²) in [5, 5.41) is 4.39. The Morgan fingerprint density at radius 2 is 2.04 bits per heavy atom. The van der Waals surface area contributed by atoms with Crippen LogP contribution in [-0.2, 0) is 4.74 Å². The number of alkyl halides is 2. The van der Waals surface area contributed by atoms with Crippen molar-refractivity contribution in [3.05, 3.63) is 65.1 Å². The van der Waals surface area contributed by atoms with Crippen LogP contribution in [0.5, 0.6) is 0 Å². The number of fused-ring (bicyclic) bond motifs is 1. The van der Waals surface area contributed by atoms with Crippen molar-refractivity contribution in [2.75, 3.05) is 13.2 Å². The molecule has 0 aliphatic rings. The normalized spacial score (nSPS) is 13.1. The van der Waals surface area contributed by atoms with Gasteiger partial charge in [0.15, 0.2) is 0 Å². The first-order valence-electron chi connectivity index (χ1n) is 7.93. The molecular formula is C18H17ClF2N4O. The van der Waals surface area contributed by atoms with Gasteiger partial charge in [-0.05, 0) is 17.7 Å². The van der Waals surface area contributed by atoms with E-state index in [2.05, 4.69) is 10.1 Å². The molecule has 0 aliphatic carbocycles. The minimum Gasteiger partial charge on any atom is -0.375 e. The van der Waals surface area contributed by atoms with E-state index in [1.165, 1.54) is 12.3 Å². The Morgan fingerprint density at radius 3 is 2.77 bits per heavy atom. The summed E-state index contributed by atoms with van der Waals surface area (Å²) in [5.41, 5.74) is 7.56. The number of rotatable bonds is 7. The SMILES string of the molecule is N[C@H](COC/C=C\c1nc(Cl)cc2cnn(C(F)F)c12)c1ccccc1. The van der Waals surface area contributed by atoms with Crippen LogP contribution in [0.25, 0.3) is 17.0 Å². The molecule has 0 aliphatic heterocycles. The smallest absolute Gasteiger partial charge is 0.333 e. The van der Waals surface area contributed by atoms with Crippen LogP contribution < -0.4 is 5.73 Å². The van der Waals surface area contributed by atoms with Crippen molar-refractivity contribution in [3.63, 3.8) is 0 Å². The van der Waals surface area contributed by atoms with Crippen LogP contribution in [0.15, 0.2) is 48.7 Å². The zero-order valence-corrected chi connectivity index (χ0v) is 14.5. The fourth-order valence-corrected chi connectivity index (χ4v) is 2.77. The molecule has 0 bridgehead atoms. The lowest BCUT2D eigenvalue weighted by atomic mass is 10.1. The molecule has 0 amide bonds. The summed E-state index contributed by atoms with van der Waals surface area (Å²) in [6.07, 6.45) is 4.60. The Kier molecular flexibility index (Phi) is 5.92. The highest BCUT2D eigenvalue weighted by Crippen LogP contribution is 2.25. The Labute approximate surface area is 154 Å². The van der Waals surface area contributed by atoms with Crippen LogP contribution in [0.3, 0.4) is 0 Å². The van der Waals surface area contributed by atoms with Gasteiger partial charge in [-0.15, -0.1) is 0 Å². The zero-order chi connectivity index (χ0) is 18.5. The highest BCUT2D eigenvalue weighted by atomic mass is 35.5. The predicted molar refractivity (Wildman–Crippen MR) is 97.0 cm³/mol. The maximum absolute atomic E-state index is 13.1. The third-order valence-electron chi connectivity index (χ3n) is 3.77. The number of nitrogens with zero attached hydrogens (tertiary/aromatic N) is 3. The largest absolute Gasteiger partial charge is 0.375 e. The zero-order valence-electron chi connectivity index (χ0n) is 13.7. The lowest BCUT2D eigenvalue weighted by Crippen LogP contribution is -2.17. The van der Waals surface area contributed by atoms with Crippen molar-refractivity contribution in [2.24, 2.45) is 5.73 Å². The molecule has 2 N–H and O–H groups in total. The molecule has 136 valence electrons. The van der Waals surface area contributed by atoms with E-state index in [1.807, 2.05) is 30.3 Å². The van der Waals surface area contributed by atoms with Gasteiger partial charge in [-0.1, -0.05) is 48.0 Å². The molecule has 0 fully saturated rings. The topological polar surface area (TPSA) is 66.0 Å². The molecule has 0 unspecified atom stereocenters. The predicted octanol–water partition coefficient (Wildman–Crippen LogP) is 4.21. The summed E-state index contributed by atoms with van der Waals surface area (Å²) in [6.45, 7) is -2.16. The van der Waals surface area contributed by atoms with E-state index in [9.17, 15) is 8.78 Å². The summed E-state index contributed by atoms with van der Waals surface area (Å²) in [7, 11) is 0. The summed E-state index contributed by atoms with van der Waals surface area (Å²) in [4.78, 5) is 4.10. The lowest BCUT2D eigenvalue weighted by Gasteiger charge is -2.11. The molecule has 1 aromatic carbocycles. The van der Waals surface area contributed by atoms with Crippen molar-refractivity contribution in [3.8, 4) is 0 Å². The summed E-state index contributed by atoms with van der Waals surface area (Å²) in [6, 6.07) is 10.9. The number of hydrogen-bond acceptors (Lipinski definition) is 4. The molecular weight excluding hydrogens is 362 g/mol. The number of nitrogens with two attached hydrogens (primary N) is 1. The van der Waals surface area contributed by atoms with Gasteiger partial charge in [0.1, 0.15) is 10.7 Å². The number of aromatic nitrogens is 3. The Balaban J connectivity index is 1.66. The first-order chi connectivity index (χ1) is 12.6. The molecule has 26 heavy (non-hydrogen) atoms. The van der Waals surface area contributed by atoms with E-state index < -0.39 is 6.55 Å². The second-order valence-corrected chi connectivity index (χ2v) is 5.98. The third kappa shape index (κ3) is 4.24. The van der Waals surface area contributed by atoms with Gasteiger partial charge in [0.25, 0.3) is 0 Å². The molecule has 8 heteroatoms. The van der Waals surface area contributed by atoms with Crippen molar-refractivity contribution in [2.45, 2.75) is 12.6 Å². The van der Waals surface area contributed by atoms with Crippen LogP contribution in [0.4, 0.5) is 8.78 Å². The first-order valence-corrected chi connectivity index (χ1v) is 8.31. The average molecular weight is 379 g/mol. The number of benzene rings is 1. The second-order valence-electron chi connectivity index (χ2n) is 5.59. The molecule has 1 atom stereocenters. The molecule has 5 nitrogen and oxygen atoms in total. The fourth-order valence-electron chi connectivity index (χ4n) is 2.56. The molecule has 2 heterocycles. The number of hydrogen-bond donors (Lipinski definition) is 1. The van der Waals surface area contributed by atoms with Crippen LogP contribution in [0.2, 0.25) is 5.15 Å². The van der Waals surface area contributed by atoms with Gasteiger partial charge in [0, 0.05) is 5.39 Å². The minimum absolute atomic E-state index is 0.206. The minimum atomic E-state index is -2.76. The van der Waals surface area contributed by atoms with Crippen molar-refractivity contribution < 1.29 is 13.5 Å². The summed E-state index contributed by atoms with van der Waals surface area (Å²) < 4.78 is 32.3. The molecule has 3 rings (SSSR count). The number of halogens is 3. The lowest BCUT2D eigenvalue weighted by molar-refractivity contribution is 0.0614. The Hall–Kier alpha value is -2.35. The molecule has 0 saturated heterocycles. The Morgan fingerprint density at radius 1 is 1.27 bits per heavy atom. The summed E-state index contributed by atoms with van der Waals surface area (Å²) in [5.74, 6) is 0. The average Bonchev–Trinajstić information content (AvgIpc) is 3.06. The van der Waals surface area contributed by atoms with Gasteiger partial charge >= 0.3 is 6.55 Å². The van der Waals surface area contributed by atoms with Gasteiger partial charge in [-0.2, -0.15) is 13.9 Å².